The number of halogens is 2. The summed E-state index contributed by atoms with van der Waals surface area (Å²) in [6.45, 7) is 0.231. The lowest BCUT2D eigenvalue weighted by Gasteiger charge is -2.09. The lowest BCUT2D eigenvalue weighted by Crippen LogP contribution is -2.31. The van der Waals surface area contributed by atoms with Gasteiger partial charge in [0.2, 0.25) is 0 Å². The quantitative estimate of drug-likeness (QED) is 0.911. The summed E-state index contributed by atoms with van der Waals surface area (Å²) in [5.74, 6) is 0. The molecule has 0 aliphatic rings. The van der Waals surface area contributed by atoms with Crippen LogP contribution in [0.1, 0.15) is 5.56 Å². The van der Waals surface area contributed by atoms with Gasteiger partial charge in [-0.2, -0.15) is 0 Å². The molecule has 0 spiro atoms. The summed E-state index contributed by atoms with van der Waals surface area (Å²) in [4.78, 5) is 23.5. The zero-order valence-electron chi connectivity index (χ0n) is 11.2. The fourth-order valence-corrected chi connectivity index (χ4v) is 2.17. The standard InChI is InChI=1S/C14H13Cl2N3O2/c1-19-6-2-3-12(13(19)20)18-14(21)17-8-9-4-5-10(15)7-11(9)16/h2-7H,8H2,1H3,(H2,17,18,21). The van der Waals surface area contributed by atoms with Crippen molar-refractivity contribution < 1.29 is 4.79 Å². The van der Waals surface area contributed by atoms with Crippen molar-refractivity contribution in [1.29, 1.82) is 0 Å². The topological polar surface area (TPSA) is 63.1 Å². The Hall–Kier alpha value is -1.98. The zero-order valence-corrected chi connectivity index (χ0v) is 12.7. The highest BCUT2D eigenvalue weighted by atomic mass is 35.5. The van der Waals surface area contributed by atoms with E-state index in [1.807, 2.05) is 0 Å². The van der Waals surface area contributed by atoms with Crippen LogP contribution in [0.25, 0.3) is 0 Å². The molecular weight excluding hydrogens is 313 g/mol. The summed E-state index contributed by atoms with van der Waals surface area (Å²) in [7, 11) is 1.61. The second-order valence-corrected chi connectivity index (χ2v) is 5.22. The third kappa shape index (κ3) is 4.00. The van der Waals surface area contributed by atoms with Gasteiger partial charge >= 0.3 is 6.03 Å². The molecule has 110 valence electrons. The first-order chi connectivity index (χ1) is 9.97. The minimum atomic E-state index is -0.482. The SMILES string of the molecule is Cn1cccc(NC(=O)NCc2ccc(Cl)cc2Cl)c1=O. The maximum atomic E-state index is 11.8. The smallest absolute Gasteiger partial charge is 0.319 e. The molecule has 2 amide bonds. The van der Waals surface area contributed by atoms with Gasteiger partial charge in [0.05, 0.1) is 0 Å². The van der Waals surface area contributed by atoms with Gasteiger partial charge in [-0.15, -0.1) is 0 Å². The van der Waals surface area contributed by atoms with Gasteiger partial charge in [-0.05, 0) is 29.8 Å². The summed E-state index contributed by atoms with van der Waals surface area (Å²) < 4.78 is 1.38. The van der Waals surface area contributed by atoms with Gasteiger partial charge in [0.25, 0.3) is 5.56 Å². The number of pyridine rings is 1. The Morgan fingerprint density at radius 1 is 1.29 bits per heavy atom. The van der Waals surface area contributed by atoms with Gasteiger partial charge < -0.3 is 15.2 Å². The molecule has 0 atom stereocenters. The average Bonchev–Trinajstić information content (AvgIpc) is 2.43. The van der Waals surface area contributed by atoms with E-state index in [0.717, 1.165) is 5.56 Å². The average molecular weight is 326 g/mol. The molecule has 2 aromatic rings. The number of rotatable bonds is 3. The lowest BCUT2D eigenvalue weighted by molar-refractivity contribution is 0.251. The number of aromatic nitrogens is 1. The minimum absolute atomic E-state index is 0.208. The first-order valence-corrected chi connectivity index (χ1v) is 6.87. The second-order valence-electron chi connectivity index (χ2n) is 4.38. The Balaban J connectivity index is 1.99. The van der Waals surface area contributed by atoms with Crippen LogP contribution in [0.15, 0.2) is 41.3 Å². The van der Waals surface area contributed by atoms with Crippen molar-refractivity contribution in [3.05, 3.63) is 62.5 Å². The second kappa shape index (κ2) is 6.65. The number of hydrogen-bond donors (Lipinski definition) is 2. The van der Waals surface area contributed by atoms with Gasteiger partial charge in [-0.25, -0.2) is 4.79 Å². The van der Waals surface area contributed by atoms with Crippen molar-refractivity contribution in [3.63, 3.8) is 0 Å². The Morgan fingerprint density at radius 2 is 2.05 bits per heavy atom. The molecule has 2 N–H and O–H groups in total. The number of hydrogen-bond acceptors (Lipinski definition) is 2. The van der Waals surface area contributed by atoms with Crippen LogP contribution in [0.4, 0.5) is 10.5 Å². The fourth-order valence-electron chi connectivity index (χ4n) is 1.70. The van der Waals surface area contributed by atoms with Gasteiger partial charge in [-0.3, -0.25) is 4.79 Å². The fraction of sp³-hybridized carbons (Fsp3) is 0.143. The highest BCUT2D eigenvalue weighted by molar-refractivity contribution is 6.35. The summed E-state index contributed by atoms with van der Waals surface area (Å²) >= 11 is 11.8. The predicted octanol–water partition coefficient (Wildman–Crippen LogP) is 3.01. The number of carbonyl (C=O) groups is 1. The molecular formula is C14H13Cl2N3O2. The van der Waals surface area contributed by atoms with E-state index in [2.05, 4.69) is 10.6 Å². The van der Waals surface area contributed by atoms with Crippen LogP contribution >= 0.6 is 23.2 Å². The molecule has 1 heterocycles. The van der Waals surface area contributed by atoms with Gasteiger partial charge in [0.1, 0.15) is 5.69 Å². The normalized spacial score (nSPS) is 10.2. The number of urea groups is 1. The lowest BCUT2D eigenvalue weighted by atomic mass is 10.2. The Morgan fingerprint density at radius 3 is 2.76 bits per heavy atom. The molecule has 0 unspecified atom stereocenters. The molecule has 7 heteroatoms. The number of nitrogens with zero attached hydrogens (tertiary/aromatic N) is 1. The van der Waals surface area contributed by atoms with E-state index in [4.69, 9.17) is 23.2 Å². The van der Waals surface area contributed by atoms with Crippen LogP contribution in [-0.2, 0) is 13.6 Å². The molecule has 0 fully saturated rings. The zero-order chi connectivity index (χ0) is 15.4. The van der Waals surface area contributed by atoms with Gasteiger partial charge in [0.15, 0.2) is 0 Å². The summed E-state index contributed by atoms with van der Waals surface area (Å²) in [5.41, 5.74) is 0.661. The van der Waals surface area contributed by atoms with Crippen LogP contribution in [-0.4, -0.2) is 10.6 Å². The molecule has 1 aromatic carbocycles. The van der Waals surface area contributed by atoms with E-state index in [1.54, 1.807) is 37.5 Å². The third-order valence-electron chi connectivity index (χ3n) is 2.83. The van der Waals surface area contributed by atoms with Crippen LogP contribution in [0.5, 0.6) is 0 Å². The molecule has 0 bridgehead atoms. The van der Waals surface area contributed by atoms with Crippen molar-refractivity contribution in [2.45, 2.75) is 6.54 Å². The van der Waals surface area contributed by atoms with Crippen molar-refractivity contribution in [2.75, 3.05) is 5.32 Å². The Labute approximate surface area is 131 Å². The number of anilines is 1. The van der Waals surface area contributed by atoms with Crippen molar-refractivity contribution in [2.24, 2.45) is 7.05 Å². The molecule has 21 heavy (non-hydrogen) atoms. The molecule has 0 saturated carbocycles. The van der Waals surface area contributed by atoms with E-state index in [9.17, 15) is 9.59 Å². The van der Waals surface area contributed by atoms with Gasteiger partial charge in [-0.1, -0.05) is 29.3 Å². The molecule has 2 rings (SSSR count). The number of aryl methyl sites for hydroxylation is 1. The maximum Gasteiger partial charge on any atom is 0.319 e. The molecule has 0 radical (unpaired) electrons. The van der Waals surface area contributed by atoms with Crippen LogP contribution in [0.3, 0.4) is 0 Å². The molecule has 0 aliphatic heterocycles. The molecule has 5 nitrogen and oxygen atoms in total. The first-order valence-electron chi connectivity index (χ1n) is 6.12. The molecule has 0 aliphatic carbocycles. The first kappa shape index (κ1) is 15.4. The summed E-state index contributed by atoms with van der Waals surface area (Å²) in [5, 5.41) is 6.13. The Bertz CT molecular complexity index is 728. The van der Waals surface area contributed by atoms with Crippen LogP contribution in [0.2, 0.25) is 10.0 Å². The molecule has 0 saturated heterocycles. The monoisotopic (exact) mass is 325 g/mol. The number of amides is 2. The Kier molecular flexibility index (Phi) is 4.88. The van der Waals surface area contributed by atoms with E-state index >= 15 is 0 Å². The van der Waals surface area contributed by atoms with Crippen molar-refractivity contribution in [3.8, 4) is 0 Å². The number of nitrogens with one attached hydrogen (secondary N) is 2. The van der Waals surface area contributed by atoms with E-state index in [-0.39, 0.29) is 17.8 Å². The number of benzene rings is 1. The van der Waals surface area contributed by atoms with E-state index in [0.29, 0.717) is 10.0 Å². The van der Waals surface area contributed by atoms with Crippen molar-refractivity contribution in [1.82, 2.24) is 9.88 Å². The predicted molar refractivity (Wildman–Crippen MR) is 84.0 cm³/mol. The van der Waals surface area contributed by atoms with Crippen LogP contribution in [0, 0.1) is 0 Å². The highest BCUT2D eigenvalue weighted by Crippen LogP contribution is 2.20. The summed E-state index contributed by atoms with van der Waals surface area (Å²) in [6, 6.07) is 7.75. The minimum Gasteiger partial charge on any atom is -0.334 e. The highest BCUT2D eigenvalue weighted by Gasteiger charge is 2.07. The van der Waals surface area contributed by atoms with Crippen molar-refractivity contribution >= 4 is 34.9 Å². The third-order valence-corrected chi connectivity index (χ3v) is 3.41. The van der Waals surface area contributed by atoms with Crippen LogP contribution < -0.4 is 16.2 Å². The summed E-state index contributed by atoms with van der Waals surface area (Å²) in [6.07, 6.45) is 1.61. The largest absolute Gasteiger partial charge is 0.334 e. The van der Waals surface area contributed by atoms with Gasteiger partial charge in [0, 0.05) is 29.8 Å². The van der Waals surface area contributed by atoms with E-state index < -0.39 is 6.03 Å². The molecule has 1 aromatic heterocycles. The van der Waals surface area contributed by atoms with E-state index in [1.165, 1.54) is 10.6 Å². The number of carbonyl (C=O) groups excluding carboxylic acids is 1. The maximum absolute atomic E-state index is 11.8.